The third-order valence-corrected chi connectivity index (χ3v) is 2.81. The zero-order chi connectivity index (χ0) is 11.4. The van der Waals surface area contributed by atoms with E-state index in [1.807, 2.05) is 19.1 Å². The maximum atomic E-state index is 5.41. The molecule has 88 valence electrons. The van der Waals surface area contributed by atoms with Crippen LogP contribution >= 0.6 is 0 Å². The molecule has 0 saturated carbocycles. The summed E-state index contributed by atoms with van der Waals surface area (Å²) in [5.41, 5.74) is 1.29. The van der Waals surface area contributed by atoms with Gasteiger partial charge in [0.05, 0.1) is 25.9 Å². The van der Waals surface area contributed by atoms with Gasteiger partial charge in [0.2, 0.25) is 0 Å². The van der Waals surface area contributed by atoms with Gasteiger partial charge in [-0.15, -0.1) is 0 Å². The number of hydrogen-bond donors (Lipinski definition) is 1. The average Bonchev–Trinajstić information content (AvgIpc) is 2.25. The molecule has 1 aromatic carbocycles. The van der Waals surface area contributed by atoms with Crippen molar-refractivity contribution >= 4 is 0 Å². The molecule has 0 radical (unpaired) electrons. The minimum Gasteiger partial charge on any atom is -0.494 e. The Morgan fingerprint density at radius 1 is 1.38 bits per heavy atom. The summed E-state index contributed by atoms with van der Waals surface area (Å²) >= 11 is 0. The first-order chi connectivity index (χ1) is 7.79. The summed E-state index contributed by atoms with van der Waals surface area (Å²) in [5, 5.41) is 3.52. The molecule has 0 spiro atoms. The van der Waals surface area contributed by atoms with E-state index in [-0.39, 0.29) is 0 Å². The first-order valence-corrected chi connectivity index (χ1v) is 5.86. The Morgan fingerprint density at radius 2 is 2.06 bits per heavy atom. The highest BCUT2D eigenvalue weighted by Crippen LogP contribution is 2.18. The highest BCUT2D eigenvalue weighted by atomic mass is 16.5. The molecule has 3 nitrogen and oxygen atoms in total. The summed E-state index contributed by atoms with van der Waals surface area (Å²) in [6, 6.07) is 9.15. The van der Waals surface area contributed by atoms with Crippen molar-refractivity contribution in [1.29, 1.82) is 0 Å². The van der Waals surface area contributed by atoms with E-state index in [4.69, 9.17) is 9.47 Å². The molecule has 1 heterocycles. The molecule has 0 aliphatic carbocycles. The van der Waals surface area contributed by atoms with Gasteiger partial charge < -0.3 is 14.8 Å². The Kier molecular flexibility index (Phi) is 3.80. The van der Waals surface area contributed by atoms with Crippen molar-refractivity contribution in [2.75, 3.05) is 19.8 Å². The summed E-state index contributed by atoms with van der Waals surface area (Å²) in [6.45, 7) is 6.55. The van der Waals surface area contributed by atoms with Crippen molar-refractivity contribution in [3.8, 4) is 5.75 Å². The quantitative estimate of drug-likeness (QED) is 0.826. The molecule has 1 aliphatic heterocycles. The molecule has 1 saturated heterocycles. The standard InChI is InChI=1S/C13H19NO2/c1-3-16-13-6-4-11(5-7-13)10(2)14-12-8-15-9-12/h4-7,10,12,14H,3,8-9H2,1-2H3. The lowest BCUT2D eigenvalue weighted by molar-refractivity contribution is -0.00925. The number of nitrogens with one attached hydrogen (secondary N) is 1. The van der Waals surface area contributed by atoms with Gasteiger partial charge in [0.1, 0.15) is 5.75 Å². The Labute approximate surface area is 96.8 Å². The summed E-state index contributed by atoms with van der Waals surface area (Å²) in [6.07, 6.45) is 0. The molecule has 1 N–H and O–H groups in total. The summed E-state index contributed by atoms with van der Waals surface area (Å²) in [7, 11) is 0. The molecule has 0 amide bonds. The molecule has 3 heteroatoms. The zero-order valence-corrected chi connectivity index (χ0v) is 9.90. The molecule has 0 aromatic heterocycles. The van der Waals surface area contributed by atoms with Crippen LogP contribution in [-0.4, -0.2) is 25.9 Å². The van der Waals surface area contributed by atoms with E-state index in [1.165, 1.54) is 5.56 Å². The largest absolute Gasteiger partial charge is 0.494 e. The maximum Gasteiger partial charge on any atom is 0.119 e. The van der Waals surface area contributed by atoms with Crippen LogP contribution < -0.4 is 10.1 Å². The van der Waals surface area contributed by atoms with Gasteiger partial charge in [-0.3, -0.25) is 0 Å². The summed E-state index contributed by atoms with van der Waals surface area (Å²) in [5.74, 6) is 0.936. The average molecular weight is 221 g/mol. The predicted octanol–water partition coefficient (Wildman–Crippen LogP) is 2.13. The second-order valence-corrected chi connectivity index (χ2v) is 4.12. The highest BCUT2D eigenvalue weighted by molar-refractivity contribution is 5.29. The van der Waals surface area contributed by atoms with Crippen molar-refractivity contribution in [2.24, 2.45) is 0 Å². The molecule has 1 fully saturated rings. The van der Waals surface area contributed by atoms with Crippen LogP contribution in [0.1, 0.15) is 25.5 Å². The number of hydrogen-bond acceptors (Lipinski definition) is 3. The van der Waals surface area contributed by atoms with Gasteiger partial charge in [0, 0.05) is 6.04 Å². The van der Waals surface area contributed by atoms with E-state index >= 15 is 0 Å². The second kappa shape index (κ2) is 5.32. The fraction of sp³-hybridized carbons (Fsp3) is 0.538. The predicted molar refractivity (Wildman–Crippen MR) is 63.8 cm³/mol. The molecule has 1 atom stereocenters. The van der Waals surface area contributed by atoms with Crippen LogP contribution in [0.4, 0.5) is 0 Å². The van der Waals surface area contributed by atoms with E-state index < -0.39 is 0 Å². The fourth-order valence-corrected chi connectivity index (χ4v) is 1.80. The first-order valence-electron chi connectivity index (χ1n) is 5.86. The molecule has 0 bridgehead atoms. The molecule has 1 unspecified atom stereocenters. The number of benzene rings is 1. The maximum absolute atomic E-state index is 5.41. The van der Waals surface area contributed by atoms with Crippen molar-refractivity contribution in [3.63, 3.8) is 0 Å². The topological polar surface area (TPSA) is 30.5 Å². The fourth-order valence-electron chi connectivity index (χ4n) is 1.80. The summed E-state index contributed by atoms with van der Waals surface area (Å²) in [4.78, 5) is 0. The smallest absolute Gasteiger partial charge is 0.119 e. The van der Waals surface area contributed by atoms with E-state index in [1.54, 1.807) is 0 Å². The second-order valence-electron chi connectivity index (χ2n) is 4.12. The third-order valence-electron chi connectivity index (χ3n) is 2.81. The minimum absolute atomic E-state index is 0.365. The third kappa shape index (κ3) is 2.74. The molecule has 1 aromatic rings. The van der Waals surface area contributed by atoms with Gasteiger partial charge in [-0.25, -0.2) is 0 Å². The van der Waals surface area contributed by atoms with Crippen molar-refractivity contribution in [2.45, 2.75) is 25.9 Å². The van der Waals surface area contributed by atoms with E-state index in [0.717, 1.165) is 19.0 Å². The van der Waals surface area contributed by atoms with Crippen LogP contribution in [0.2, 0.25) is 0 Å². The Morgan fingerprint density at radius 3 is 2.56 bits per heavy atom. The van der Waals surface area contributed by atoms with Gasteiger partial charge in [-0.2, -0.15) is 0 Å². The van der Waals surface area contributed by atoms with Gasteiger partial charge in [-0.05, 0) is 31.5 Å². The Bertz CT molecular complexity index is 319. The van der Waals surface area contributed by atoms with Gasteiger partial charge in [-0.1, -0.05) is 12.1 Å². The lowest BCUT2D eigenvalue weighted by Crippen LogP contribution is -2.46. The molecule has 16 heavy (non-hydrogen) atoms. The van der Waals surface area contributed by atoms with Crippen LogP contribution in [0, 0.1) is 0 Å². The number of ether oxygens (including phenoxy) is 2. The lowest BCUT2D eigenvalue weighted by Gasteiger charge is -2.30. The van der Waals surface area contributed by atoms with E-state index in [2.05, 4.69) is 24.4 Å². The van der Waals surface area contributed by atoms with Crippen molar-refractivity contribution in [1.82, 2.24) is 5.32 Å². The van der Waals surface area contributed by atoms with Gasteiger partial charge >= 0.3 is 0 Å². The van der Waals surface area contributed by atoms with Gasteiger partial charge in [0.25, 0.3) is 0 Å². The SMILES string of the molecule is CCOc1ccc(C(C)NC2COC2)cc1. The van der Waals surface area contributed by atoms with Crippen LogP contribution in [0.15, 0.2) is 24.3 Å². The molecular formula is C13H19NO2. The number of rotatable bonds is 5. The van der Waals surface area contributed by atoms with E-state index in [9.17, 15) is 0 Å². The lowest BCUT2D eigenvalue weighted by atomic mass is 10.1. The molecular weight excluding hydrogens is 202 g/mol. The Hall–Kier alpha value is -1.06. The van der Waals surface area contributed by atoms with Crippen LogP contribution in [-0.2, 0) is 4.74 Å². The van der Waals surface area contributed by atoms with Crippen LogP contribution in [0.25, 0.3) is 0 Å². The molecule has 2 rings (SSSR count). The summed E-state index contributed by atoms with van der Waals surface area (Å²) < 4.78 is 10.6. The van der Waals surface area contributed by atoms with Gasteiger partial charge in [0.15, 0.2) is 0 Å². The Balaban J connectivity index is 1.91. The van der Waals surface area contributed by atoms with E-state index in [0.29, 0.717) is 18.7 Å². The first kappa shape index (κ1) is 11.4. The van der Waals surface area contributed by atoms with Crippen LogP contribution in [0.3, 0.4) is 0 Å². The highest BCUT2D eigenvalue weighted by Gasteiger charge is 2.20. The van der Waals surface area contributed by atoms with Crippen molar-refractivity contribution < 1.29 is 9.47 Å². The molecule has 1 aliphatic rings. The van der Waals surface area contributed by atoms with Crippen molar-refractivity contribution in [3.05, 3.63) is 29.8 Å². The monoisotopic (exact) mass is 221 g/mol. The normalized spacial score (nSPS) is 17.9. The minimum atomic E-state index is 0.365. The van der Waals surface area contributed by atoms with Crippen LogP contribution in [0.5, 0.6) is 5.75 Å². The zero-order valence-electron chi connectivity index (χ0n) is 9.90.